The number of nitrogens with zero attached hydrogens (tertiary/aromatic N) is 3. The van der Waals surface area contributed by atoms with Crippen LogP contribution in [-0.2, 0) is 11.2 Å². The van der Waals surface area contributed by atoms with Gasteiger partial charge in [-0.05, 0) is 43.9 Å². The molecule has 1 aliphatic rings. The fourth-order valence-corrected chi connectivity index (χ4v) is 5.61. The van der Waals surface area contributed by atoms with Crippen LogP contribution in [0.1, 0.15) is 30.2 Å². The Morgan fingerprint density at radius 2 is 2.17 bits per heavy atom. The zero-order valence-electron chi connectivity index (χ0n) is 17.6. The van der Waals surface area contributed by atoms with Gasteiger partial charge in [-0.3, -0.25) is 14.2 Å². The zero-order chi connectivity index (χ0) is 21.4. The maximum absolute atomic E-state index is 13.6. The number of hydrogen-bond acceptors (Lipinski definition) is 6. The highest BCUT2D eigenvalue weighted by atomic mass is 32.2. The molecule has 30 heavy (non-hydrogen) atoms. The van der Waals surface area contributed by atoms with Gasteiger partial charge >= 0.3 is 0 Å². The fraction of sp³-hybridized carbons (Fsp3) is 0.409. The van der Waals surface area contributed by atoms with Crippen molar-refractivity contribution in [3.8, 4) is 11.4 Å². The van der Waals surface area contributed by atoms with Gasteiger partial charge in [0.25, 0.3) is 5.56 Å². The minimum atomic E-state index is -0.104. The molecule has 0 unspecified atom stereocenters. The molecule has 0 bridgehead atoms. The molecule has 0 atom stereocenters. The Balaban J connectivity index is 1.81. The molecule has 1 saturated carbocycles. The quantitative estimate of drug-likeness (QED) is 0.407. The number of thiophene rings is 1. The van der Waals surface area contributed by atoms with Gasteiger partial charge in [0.1, 0.15) is 10.6 Å². The Morgan fingerprint density at radius 1 is 1.40 bits per heavy atom. The molecule has 1 fully saturated rings. The standard InChI is InChI=1S/C22H25N3O3S2/c1-5-17-13(2)19-20(30-17)23-22(29-12-18(26)24(3)14-9-10-14)25(21(19)27)15-7-6-8-16(11-15)28-4/h6-8,11,14H,5,9-10,12H2,1-4H3. The van der Waals surface area contributed by atoms with E-state index in [1.165, 1.54) is 16.6 Å². The van der Waals surface area contributed by atoms with E-state index in [4.69, 9.17) is 9.72 Å². The first-order valence-electron chi connectivity index (χ1n) is 10.0. The second-order valence-electron chi connectivity index (χ2n) is 7.44. The van der Waals surface area contributed by atoms with Crippen molar-refractivity contribution in [2.24, 2.45) is 0 Å². The summed E-state index contributed by atoms with van der Waals surface area (Å²) in [6, 6.07) is 7.73. The Labute approximate surface area is 183 Å². The van der Waals surface area contributed by atoms with Crippen LogP contribution in [0.4, 0.5) is 0 Å². The van der Waals surface area contributed by atoms with E-state index in [1.807, 2.05) is 43.1 Å². The molecule has 0 aliphatic heterocycles. The Bertz CT molecular complexity index is 1160. The minimum Gasteiger partial charge on any atom is -0.497 e. The van der Waals surface area contributed by atoms with Gasteiger partial charge < -0.3 is 9.64 Å². The highest BCUT2D eigenvalue weighted by Gasteiger charge is 2.29. The molecule has 2 aromatic heterocycles. The van der Waals surface area contributed by atoms with E-state index in [9.17, 15) is 9.59 Å². The topological polar surface area (TPSA) is 64.4 Å². The third-order valence-electron chi connectivity index (χ3n) is 5.48. The molecule has 0 spiro atoms. The lowest BCUT2D eigenvalue weighted by Gasteiger charge is -2.17. The van der Waals surface area contributed by atoms with Crippen LogP contribution >= 0.6 is 23.1 Å². The summed E-state index contributed by atoms with van der Waals surface area (Å²) in [5.74, 6) is 0.974. The third kappa shape index (κ3) is 3.86. The first kappa shape index (κ1) is 20.9. The summed E-state index contributed by atoms with van der Waals surface area (Å²) in [4.78, 5) is 34.7. The van der Waals surface area contributed by atoms with Crippen LogP contribution in [0.5, 0.6) is 5.75 Å². The van der Waals surface area contributed by atoms with Crippen molar-refractivity contribution in [1.29, 1.82) is 0 Å². The molecule has 3 aromatic rings. The van der Waals surface area contributed by atoms with Crippen molar-refractivity contribution in [3.05, 3.63) is 45.1 Å². The lowest BCUT2D eigenvalue weighted by Crippen LogP contribution is -2.30. The summed E-state index contributed by atoms with van der Waals surface area (Å²) in [5, 5.41) is 1.19. The summed E-state index contributed by atoms with van der Waals surface area (Å²) in [5.41, 5.74) is 1.57. The fourth-order valence-electron chi connectivity index (χ4n) is 3.52. The normalized spacial score (nSPS) is 13.6. The van der Waals surface area contributed by atoms with Gasteiger partial charge in [-0.2, -0.15) is 0 Å². The van der Waals surface area contributed by atoms with Gasteiger partial charge in [-0.25, -0.2) is 4.98 Å². The lowest BCUT2D eigenvalue weighted by atomic mass is 10.2. The van der Waals surface area contributed by atoms with Crippen molar-refractivity contribution in [2.75, 3.05) is 19.9 Å². The van der Waals surface area contributed by atoms with Crippen molar-refractivity contribution in [2.45, 2.75) is 44.3 Å². The van der Waals surface area contributed by atoms with E-state index < -0.39 is 0 Å². The van der Waals surface area contributed by atoms with Gasteiger partial charge in [0.2, 0.25) is 5.91 Å². The number of methoxy groups -OCH3 is 1. The second kappa shape index (κ2) is 8.43. The van der Waals surface area contributed by atoms with E-state index in [-0.39, 0.29) is 17.2 Å². The average molecular weight is 444 g/mol. The van der Waals surface area contributed by atoms with Crippen molar-refractivity contribution in [1.82, 2.24) is 14.5 Å². The number of ether oxygens (including phenoxy) is 1. The van der Waals surface area contributed by atoms with E-state index >= 15 is 0 Å². The first-order chi connectivity index (χ1) is 14.4. The molecule has 1 aromatic carbocycles. The third-order valence-corrected chi connectivity index (χ3v) is 7.73. The summed E-state index contributed by atoms with van der Waals surface area (Å²) < 4.78 is 6.96. The van der Waals surface area contributed by atoms with Crippen molar-refractivity contribution >= 4 is 39.2 Å². The van der Waals surface area contributed by atoms with Crippen LogP contribution in [0.2, 0.25) is 0 Å². The number of fused-ring (bicyclic) bond motifs is 1. The van der Waals surface area contributed by atoms with Crippen LogP contribution in [-0.4, -0.2) is 46.3 Å². The number of hydrogen-bond donors (Lipinski definition) is 0. The summed E-state index contributed by atoms with van der Waals surface area (Å²) in [7, 11) is 3.45. The van der Waals surface area contributed by atoms with Gasteiger partial charge in [0.05, 0.1) is 23.9 Å². The Kier molecular flexibility index (Phi) is 5.88. The van der Waals surface area contributed by atoms with Crippen LogP contribution in [0.3, 0.4) is 0 Å². The van der Waals surface area contributed by atoms with Crippen LogP contribution in [0.15, 0.2) is 34.2 Å². The van der Waals surface area contributed by atoms with Crippen molar-refractivity contribution < 1.29 is 9.53 Å². The van der Waals surface area contributed by atoms with E-state index in [0.717, 1.165) is 29.7 Å². The monoisotopic (exact) mass is 443 g/mol. The molecule has 0 saturated heterocycles. The molecule has 4 rings (SSSR count). The summed E-state index contributed by atoms with van der Waals surface area (Å²) in [6.07, 6.45) is 3.00. The first-order valence-corrected chi connectivity index (χ1v) is 11.8. The number of aryl methyl sites for hydroxylation is 2. The smallest absolute Gasteiger partial charge is 0.267 e. The Hall–Kier alpha value is -2.32. The number of rotatable bonds is 7. The van der Waals surface area contributed by atoms with Gasteiger partial charge in [-0.15, -0.1) is 11.3 Å². The number of aromatic nitrogens is 2. The predicted octanol–water partition coefficient (Wildman–Crippen LogP) is 4.04. The lowest BCUT2D eigenvalue weighted by molar-refractivity contribution is -0.127. The van der Waals surface area contributed by atoms with Gasteiger partial charge in [0.15, 0.2) is 5.16 Å². The highest BCUT2D eigenvalue weighted by Crippen LogP contribution is 2.32. The minimum absolute atomic E-state index is 0.0608. The second-order valence-corrected chi connectivity index (χ2v) is 9.47. The number of carbonyl (C=O) groups excluding carboxylic acids is 1. The van der Waals surface area contributed by atoms with Crippen molar-refractivity contribution in [3.63, 3.8) is 0 Å². The predicted molar refractivity (Wildman–Crippen MR) is 122 cm³/mol. The molecule has 6 nitrogen and oxygen atoms in total. The maximum Gasteiger partial charge on any atom is 0.267 e. The van der Waals surface area contributed by atoms with E-state index in [0.29, 0.717) is 28.0 Å². The van der Waals surface area contributed by atoms with Crippen LogP contribution < -0.4 is 10.3 Å². The molecule has 8 heteroatoms. The van der Waals surface area contributed by atoms with Gasteiger partial charge in [-0.1, -0.05) is 24.8 Å². The largest absolute Gasteiger partial charge is 0.497 e. The molecular formula is C22H25N3O3S2. The van der Waals surface area contributed by atoms with Crippen LogP contribution in [0.25, 0.3) is 15.9 Å². The number of thioether (sulfide) groups is 1. The van der Waals surface area contributed by atoms with E-state index in [2.05, 4.69) is 6.92 Å². The number of carbonyl (C=O) groups is 1. The molecule has 2 heterocycles. The molecular weight excluding hydrogens is 418 g/mol. The van der Waals surface area contributed by atoms with E-state index in [1.54, 1.807) is 23.0 Å². The van der Waals surface area contributed by atoms with Crippen LogP contribution in [0, 0.1) is 6.92 Å². The zero-order valence-corrected chi connectivity index (χ0v) is 19.2. The maximum atomic E-state index is 13.6. The average Bonchev–Trinajstić information content (AvgIpc) is 3.55. The number of amides is 1. The highest BCUT2D eigenvalue weighted by molar-refractivity contribution is 7.99. The van der Waals surface area contributed by atoms with Gasteiger partial charge in [0, 0.05) is 24.0 Å². The number of benzene rings is 1. The molecule has 1 amide bonds. The Morgan fingerprint density at radius 3 is 2.83 bits per heavy atom. The molecule has 158 valence electrons. The molecule has 1 aliphatic carbocycles. The summed E-state index contributed by atoms with van der Waals surface area (Å²) in [6.45, 7) is 4.07. The molecule has 0 radical (unpaired) electrons. The summed E-state index contributed by atoms with van der Waals surface area (Å²) >= 11 is 2.88. The molecule has 0 N–H and O–H groups in total. The SMILES string of the molecule is CCc1sc2nc(SCC(=O)N(C)C3CC3)n(-c3cccc(OC)c3)c(=O)c2c1C.